The maximum atomic E-state index is 12.9. The molecule has 0 aliphatic carbocycles. The number of halogens is 1. The van der Waals surface area contributed by atoms with Crippen molar-refractivity contribution >= 4 is 27.5 Å². The maximum absolute atomic E-state index is 12.9. The van der Waals surface area contributed by atoms with E-state index in [-0.39, 0.29) is 5.91 Å². The molecule has 3 heteroatoms. The van der Waals surface area contributed by atoms with Crippen LogP contribution in [0, 0.1) is 6.92 Å². The molecule has 0 saturated heterocycles. The van der Waals surface area contributed by atoms with Crippen molar-refractivity contribution in [1.29, 1.82) is 0 Å². The number of hydrogen-bond donors (Lipinski definition) is 0. The lowest BCUT2D eigenvalue weighted by Gasteiger charge is -2.23. The van der Waals surface area contributed by atoms with E-state index in [9.17, 15) is 4.79 Å². The summed E-state index contributed by atoms with van der Waals surface area (Å²) in [6, 6.07) is 14.1. The molecular weight excluding hydrogens is 326 g/mol. The van der Waals surface area contributed by atoms with Gasteiger partial charge in [-0.3, -0.25) is 4.79 Å². The molecule has 1 aliphatic heterocycles. The van der Waals surface area contributed by atoms with E-state index in [1.54, 1.807) is 0 Å². The molecule has 1 aliphatic rings. The summed E-state index contributed by atoms with van der Waals surface area (Å²) in [5, 5.41) is 0. The molecule has 108 valence electrons. The zero-order valence-electron chi connectivity index (χ0n) is 12.1. The Kier molecular flexibility index (Phi) is 4.11. The number of aryl methyl sites for hydroxylation is 2. The smallest absolute Gasteiger partial charge is 0.259 e. The van der Waals surface area contributed by atoms with Gasteiger partial charge in [0.15, 0.2) is 0 Å². The Bertz CT molecular complexity index is 681. The number of nitrogens with zero attached hydrogens (tertiary/aromatic N) is 1. The molecule has 1 heterocycles. The molecule has 0 radical (unpaired) electrons. The van der Waals surface area contributed by atoms with Gasteiger partial charge in [0.2, 0.25) is 0 Å². The van der Waals surface area contributed by atoms with E-state index in [0.29, 0.717) is 0 Å². The fourth-order valence-electron chi connectivity index (χ4n) is 2.84. The van der Waals surface area contributed by atoms with Gasteiger partial charge in [-0.15, -0.1) is 0 Å². The van der Waals surface area contributed by atoms with Gasteiger partial charge in [-0.1, -0.05) is 24.3 Å². The van der Waals surface area contributed by atoms with E-state index < -0.39 is 0 Å². The minimum absolute atomic E-state index is 0.0798. The Hall–Kier alpha value is -1.61. The van der Waals surface area contributed by atoms with Gasteiger partial charge in [-0.05, 0) is 71.4 Å². The standard InChI is InChI=1S/C18H18BrNO/c1-13-9-10-15(16(19)12-13)18(21)20-11-5-4-7-14-6-2-3-8-17(14)20/h2-3,6,8-10,12H,4-5,7,11H2,1H3. The summed E-state index contributed by atoms with van der Waals surface area (Å²) >= 11 is 3.53. The molecule has 2 aromatic rings. The molecule has 2 nitrogen and oxygen atoms in total. The van der Waals surface area contributed by atoms with E-state index in [1.165, 1.54) is 5.56 Å². The second-order valence-corrected chi connectivity index (χ2v) is 6.38. The first kappa shape index (κ1) is 14.3. The van der Waals surface area contributed by atoms with Crippen LogP contribution in [0.2, 0.25) is 0 Å². The lowest BCUT2D eigenvalue weighted by Crippen LogP contribution is -2.32. The van der Waals surface area contributed by atoms with Crippen molar-refractivity contribution in [3.63, 3.8) is 0 Å². The zero-order chi connectivity index (χ0) is 14.8. The van der Waals surface area contributed by atoms with Crippen molar-refractivity contribution in [3.8, 4) is 0 Å². The lowest BCUT2D eigenvalue weighted by molar-refractivity contribution is 0.0986. The van der Waals surface area contributed by atoms with Crippen molar-refractivity contribution in [2.45, 2.75) is 26.2 Å². The molecule has 0 N–H and O–H groups in total. The highest BCUT2D eigenvalue weighted by Gasteiger charge is 2.23. The lowest BCUT2D eigenvalue weighted by atomic mass is 10.1. The third-order valence-corrected chi connectivity index (χ3v) is 4.62. The van der Waals surface area contributed by atoms with Gasteiger partial charge >= 0.3 is 0 Å². The van der Waals surface area contributed by atoms with E-state index in [0.717, 1.165) is 47.1 Å². The number of rotatable bonds is 1. The molecule has 0 aromatic heterocycles. The second kappa shape index (κ2) is 6.02. The molecule has 0 unspecified atom stereocenters. The Morgan fingerprint density at radius 2 is 1.95 bits per heavy atom. The number of benzene rings is 2. The van der Waals surface area contributed by atoms with E-state index in [2.05, 4.69) is 34.1 Å². The number of carbonyl (C=O) groups is 1. The molecule has 21 heavy (non-hydrogen) atoms. The van der Waals surface area contributed by atoms with Crippen molar-refractivity contribution in [2.75, 3.05) is 11.4 Å². The second-order valence-electron chi connectivity index (χ2n) is 5.53. The van der Waals surface area contributed by atoms with Gasteiger partial charge in [0.05, 0.1) is 5.56 Å². The van der Waals surface area contributed by atoms with Gasteiger partial charge < -0.3 is 4.90 Å². The normalized spacial score (nSPS) is 14.5. The molecular formula is C18H18BrNO. The van der Waals surface area contributed by atoms with Crippen LogP contribution in [-0.2, 0) is 6.42 Å². The molecule has 0 spiro atoms. The van der Waals surface area contributed by atoms with Crippen molar-refractivity contribution in [1.82, 2.24) is 0 Å². The summed E-state index contributed by atoms with van der Waals surface area (Å²) in [5.41, 5.74) is 4.21. The van der Waals surface area contributed by atoms with Gasteiger partial charge in [0, 0.05) is 16.7 Å². The first-order valence-electron chi connectivity index (χ1n) is 7.33. The van der Waals surface area contributed by atoms with Crippen LogP contribution in [0.25, 0.3) is 0 Å². The monoisotopic (exact) mass is 343 g/mol. The van der Waals surface area contributed by atoms with Gasteiger partial charge in [0.25, 0.3) is 5.91 Å². The molecule has 3 rings (SSSR count). The van der Waals surface area contributed by atoms with Crippen molar-refractivity contribution in [3.05, 3.63) is 63.6 Å². The van der Waals surface area contributed by atoms with Crippen LogP contribution in [-0.4, -0.2) is 12.5 Å². The average Bonchev–Trinajstić information content (AvgIpc) is 2.69. The minimum atomic E-state index is 0.0798. The molecule has 0 atom stereocenters. The fraction of sp³-hybridized carbons (Fsp3) is 0.278. The van der Waals surface area contributed by atoms with Gasteiger partial charge in [-0.25, -0.2) is 0 Å². The predicted octanol–water partition coefficient (Wildman–Crippen LogP) is 4.74. The Labute approximate surface area is 133 Å². The highest BCUT2D eigenvalue weighted by molar-refractivity contribution is 9.10. The molecule has 0 fully saturated rings. The topological polar surface area (TPSA) is 20.3 Å². The average molecular weight is 344 g/mol. The van der Waals surface area contributed by atoms with Crippen LogP contribution < -0.4 is 4.90 Å². The Morgan fingerprint density at radius 1 is 1.14 bits per heavy atom. The van der Waals surface area contributed by atoms with Crippen molar-refractivity contribution in [2.24, 2.45) is 0 Å². The SMILES string of the molecule is Cc1ccc(C(=O)N2CCCCc3ccccc32)c(Br)c1. The van der Waals surface area contributed by atoms with Crippen LogP contribution in [0.15, 0.2) is 46.9 Å². The number of anilines is 1. The highest BCUT2D eigenvalue weighted by Crippen LogP contribution is 2.29. The third-order valence-electron chi connectivity index (χ3n) is 3.96. The molecule has 1 amide bonds. The van der Waals surface area contributed by atoms with Crippen LogP contribution in [0.4, 0.5) is 5.69 Å². The number of carbonyl (C=O) groups excluding carboxylic acids is 1. The maximum Gasteiger partial charge on any atom is 0.259 e. The van der Waals surface area contributed by atoms with E-state index in [4.69, 9.17) is 0 Å². The Morgan fingerprint density at radius 3 is 2.76 bits per heavy atom. The van der Waals surface area contributed by atoms with Crippen LogP contribution in [0.1, 0.15) is 34.3 Å². The predicted molar refractivity (Wildman–Crippen MR) is 89.9 cm³/mol. The number of amides is 1. The third kappa shape index (κ3) is 2.88. The first-order chi connectivity index (χ1) is 10.2. The summed E-state index contributed by atoms with van der Waals surface area (Å²) in [6.45, 7) is 2.82. The number of para-hydroxylation sites is 1. The number of hydrogen-bond acceptors (Lipinski definition) is 1. The zero-order valence-corrected chi connectivity index (χ0v) is 13.7. The summed E-state index contributed by atoms with van der Waals surface area (Å²) in [7, 11) is 0. The van der Waals surface area contributed by atoms with Gasteiger partial charge in [-0.2, -0.15) is 0 Å². The highest BCUT2D eigenvalue weighted by atomic mass is 79.9. The fourth-order valence-corrected chi connectivity index (χ4v) is 3.50. The molecule has 2 aromatic carbocycles. The van der Waals surface area contributed by atoms with Crippen LogP contribution in [0.3, 0.4) is 0 Å². The van der Waals surface area contributed by atoms with Crippen LogP contribution >= 0.6 is 15.9 Å². The van der Waals surface area contributed by atoms with Crippen molar-refractivity contribution < 1.29 is 4.79 Å². The van der Waals surface area contributed by atoms with Gasteiger partial charge in [0.1, 0.15) is 0 Å². The molecule has 0 saturated carbocycles. The summed E-state index contributed by atoms with van der Waals surface area (Å²) < 4.78 is 0.870. The summed E-state index contributed by atoms with van der Waals surface area (Å²) in [4.78, 5) is 14.9. The first-order valence-corrected chi connectivity index (χ1v) is 8.12. The molecule has 0 bridgehead atoms. The van der Waals surface area contributed by atoms with E-state index in [1.807, 2.05) is 36.1 Å². The summed E-state index contributed by atoms with van der Waals surface area (Å²) in [6.07, 6.45) is 3.23. The minimum Gasteiger partial charge on any atom is -0.308 e. The largest absolute Gasteiger partial charge is 0.308 e. The quantitative estimate of drug-likeness (QED) is 0.732. The Balaban J connectivity index is 2.01. The number of fused-ring (bicyclic) bond motifs is 1. The van der Waals surface area contributed by atoms with Crippen LogP contribution in [0.5, 0.6) is 0 Å². The summed E-state index contributed by atoms with van der Waals surface area (Å²) in [5.74, 6) is 0.0798. The van der Waals surface area contributed by atoms with E-state index >= 15 is 0 Å².